The van der Waals surface area contributed by atoms with Crippen molar-refractivity contribution in [1.82, 2.24) is 0 Å². The third-order valence-electron chi connectivity index (χ3n) is 4.30. The lowest BCUT2D eigenvalue weighted by atomic mass is 9.64. The van der Waals surface area contributed by atoms with Gasteiger partial charge in [-0.15, -0.1) is 0 Å². The second-order valence-electron chi connectivity index (χ2n) is 5.59. The van der Waals surface area contributed by atoms with E-state index in [1.165, 1.54) is 6.21 Å². The summed E-state index contributed by atoms with van der Waals surface area (Å²) in [4.78, 5) is 30.5. The first-order valence-corrected chi connectivity index (χ1v) is 8.33. The van der Waals surface area contributed by atoms with Crippen LogP contribution in [0, 0.1) is 5.41 Å². The van der Waals surface area contributed by atoms with Crippen LogP contribution in [0.1, 0.15) is 25.8 Å². The summed E-state index contributed by atoms with van der Waals surface area (Å²) in [6.07, 6.45) is 4.74. The summed E-state index contributed by atoms with van der Waals surface area (Å²) in [7, 11) is 0. The van der Waals surface area contributed by atoms with Crippen LogP contribution in [0.25, 0.3) is 0 Å². The molecule has 0 amide bonds. The van der Waals surface area contributed by atoms with E-state index in [0.29, 0.717) is 5.56 Å². The molecule has 1 atom stereocenters. The number of carbonyl (C=O) groups is 2. The maximum absolute atomic E-state index is 13.0. The summed E-state index contributed by atoms with van der Waals surface area (Å²) in [6.45, 7) is 3.13. The zero-order valence-electron chi connectivity index (χ0n) is 14.5. The zero-order chi connectivity index (χ0) is 18.3. The van der Waals surface area contributed by atoms with Crippen molar-refractivity contribution in [3.8, 4) is 0 Å². The summed E-state index contributed by atoms with van der Waals surface area (Å²) in [5.41, 5.74) is -2.48. The van der Waals surface area contributed by atoms with E-state index in [1.807, 2.05) is 6.07 Å². The van der Waals surface area contributed by atoms with E-state index >= 15 is 0 Å². The molecule has 0 saturated carbocycles. The highest BCUT2D eigenvalue weighted by Crippen LogP contribution is 2.50. The Morgan fingerprint density at radius 3 is 2.16 bits per heavy atom. The molecule has 0 spiro atoms. The number of rotatable bonds is 8. The van der Waals surface area contributed by atoms with E-state index in [0.717, 1.165) is 0 Å². The average molecular weight is 345 g/mol. The van der Waals surface area contributed by atoms with Crippen molar-refractivity contribution < 1.29 is 24.2 Å². The van der Waals surface area contributed by atoms with Crippen LogP contribution in [0.15, 0.2) is 47.5 Å². The number of nitrogens with zero attached hydrogens (tertiary/aromatic N) is 1. The van der Waals surface area contributed by atoms with Gasteiger partial charge >= 0.3 is 11.9 Å². The van der Waals surface area contributed by atoms with Gasteiger partial charge in [-0.25, -0.2) is 0 Å². The highest BCUT2D eigenvalue weighted by molar-refractivity contribution is 6.03. The molecule has 0 aliphatic carbocycles. The third-order valence-corrected chi connectivity index (χ3v) is 4.30. The van der Waals surface area contributed by atoms with E-state index in [-0.39, 0.29) is 19.6 Å². The van der Waals surface area contributed by atoms with Crippen molar-refractivity contribution in [2.75, 3.05) is 19.8 Å². The first-order valence-electron chi connectivity index (χ1n) is 8.33. The molecule has 1 heterocycles. The van der Waals surface area contributed by atoms with E-state index in [1.54, 1.807) is 50.3 Å². The van der Waals surface area contributed by atoms with E-state index in [9.17, 15) is 14.7 Å². The summed E-state index contributed by atoms with van der Waals surface area (Å²) in [5.74, 6) is -1.51. The molecule has 1 aromatic rings. The van der Waals surface area contributed by atoms with Gasteiger partial charge < -0.3 is 14.6 Å². The molecule has 0 bridgehead atoms. The van der Waals surface area contributed by atoms with E-state index in [2.05, 4.69) is 4.99 Å². The van der Waals surface area contributed by atoms with Gasteiger partial charge in [0.25, 0.3) is 0 Å². The molecule has 2 rings (SSSR count). The Balaban J connectivity index is 2.74. The molecule has 6 nitrogen and oxygen atoms in total. The van der Waals surface area contributed by atoms with Gasteiger partial charge in [0.1, 0.15) is 5.54 Å². The van der Waals surface area contributed by atoms with Gasteiger partial charge in [0.15, 0.2) is 5.41 Å². The van der Waals surface area contributed by atoms with E-state index < -0.39 is 29.5 Å². The van der Waals surface area contributed by atoms with Gasteiger partial charge in [-0.2, -0.15) is 0 Å². The Morgan fingerprint density at radius 1 is 1.12 bits per heavy atom. The molecule has 0 radical (unpaired) electrons. The van der Waals surface area contributed by atoms with Crippen molar-refractivity contribution >= 4 is 18.2 Å². The third kappa shape index (κ3) is 3.09. The molecule has 6 heteroatoms. The summed E-state index contributed by atoms with van der Waals surface area (Å²) < 4.78 is 10.5. The minimum Gasteiger partial charge on any atom is -0.465 e. The van der Waals surface area contributed by atoms with Crippen molar-refractivity contribution in [1.29, 1.82) is 0 Å². The minimum atomic E-state index is -1.81. The first-order chi connectivity index (χ1) is 12.1. The van der Waals surface area contributed by atoms with Crippen LogP contribution in [0.3, 0.4) is 0 Å². The number of benzene rings is 1. The molecule has 1 N–H and O–H groups in total. The fourth-order valence-electron chi connectivity index (χ4n) is 3.21. The zero-order valence-corrected chi connectivity index (χ0v) is 14.5. The summed E-state index contributed by atoms with van der Waals surface area (Å²) in [5, 5.41) is 9.67. The van der Waals surface area contributed by atoms with Crippen molar-refractivity contribution in [3.63, 3.8) is 0 Å². The molecular weight excluding hydrogens is 322 g/mol. The molecule has 134 valence electrons. The van der Waals surface area contributed by atoms with Gasteiger partial charge in [0.2, 0.25) is 0 Å². The van der Waals surface area contributed by atoms with Crippen LogP contribution in [-0.4, -0.2) is 43.1 Å². The molecule has 1 aromatic carbocycles. The molecule has 1 aliphatic rings. The van der Waals surface area contributed by atoms with Crippen LogP contribution in [-0.2, 0) is 24.6 Å². The Hall–Kier alpha value is -2.47. The largest absolute Gasteiger partial charge is 0.465 e. The Morgan fingerprint density at radius 2 is 1.72 bits per heavy atom. The normalized spacial score (nSPS) is 19.0. The molecule has 0 aromatic heterocycles. The highest BCUT2D eigenvalue weighted by atomic mass is 16.6. The maximum Gasteiger partial charge on any atom is 0.326 e. The number of hydrogen-bond donors (Lipinski definition) is 1. The second-order valence-corrected chi connectivity index (χ2v) is 5.59. The van der Waals surface area contributed by atoms with Gasteiger partial charge in [-0.1, -0.05) is 30.3 Å². The quantitative estimate of drug-likeness (QED) is 0.575. The van der Waals surface area contributed by atoms with Crippen molar-refractivity contribution in [2.24, 2.45) is 10.4 Å². The predicted molar refractivity (Wildman–Crippen MR) is 93.2 cm³/mol. The molecule has 1 unspecified atom stereocenters. The fraction of sp³-hybridized carbons (Fsp3) is 0.421. The molecule has 25 heavy (non-hydrogen) atoms. The monoisotopic (exact) mass is 345 g/mol. The smallest absolute Gasteiger partial charge is 0.326 e. The molecule has 0 saturated heterocycles. The highest BCUT2D eigenvalue weighted by Gasteiger charge is 2.64. The van der Waals surface area contributed by atoms with Crippen LogP contribution in [0.5, 0.6) is 0 Å². The number of aliphatic hydroxyl groups excluding tert-OH is 1. The molecular formula is C19H23NO5. The lowest BCUT2D eigenvalue weighted by Gasteiger charge is -2.41. The maximum atomic E-state index is 13.0. The lowest BCUT2D eigenvalue weighted by Crippen LogP contribution is -2.56. The summed E-state index contributed by atoms with van der Waals surface area (Å²) in [6, 6.07) is 9.02. The average Bonchev–Trinajstić information content (AvgIpc) is 3.12. The fourth-order valence-corrected chi connectivity index (χ4v) is 3.21. The number of carbonyl (C=O) groups excluding carboxylic acids is 2. The van der Waals surface area contributed by atoms with Gasteiger partial charge in [0.05, 0.1) is 13.2 Å². The van der Waals surface area contributed by atoms with Crippen LogP contribution >= 0.6 is 0 Å². The number of aliphatic imine (C=N–C) groups is 1. The molecule has 0 fully saturated rings. The lowest BCUT2D eigenvalue weighted by molar-refractivity contribution is -0.178. The van der Waals surface area contributed by atoms with Gasteiger partial charge in [-0.3, -0.25) is 14.6 Å². The Kier molecular flexibility index (Phi) is 6.09. The van der Waals surface area contributed by atoms with Gasteiger partial charge in [0, 0.05) is 19.2 Å². The van der Waals surface area contributed by atoms with Crippen molar-refractivity contribution in [2.45, 2.75) is 25.8 Å². The van der Waals surface area contributed by atoms with Crippen LogP contribution in [0.4, 0.5) is 0 Å². The predicted octanol–water partition coefficient (Wildman–Crippen LogP) is 2.02. The Labute approximate surface area is 147 Å². The first kappa shape index (κ1) is 18.9. The van der Waals surface area contributed by atoms with Gasteiger partial charge in [-0.05, 0) is 31.6 Å². The molecule has 1 aliphatic heterocycles. The second kappa shape index (κ2) is 8.07. The SMILES string of the molecule is CCOC(=O)C(CCO)(C(=O)OCC)C1(c2ccccc2)C=CC=N1. The number of allylic oxidation sites excluding steroid dienone is 1. The van der Waals surface area contributed by atoms with Crippen LogP contribution < -0.4 is 0 Å². The standard InChI is InChI=1S/C19H23NO5/c1-3-24-16(22)18(12-14-21,17(23)25-4-2)19(11-8-13-20-19)15-9-6-5-7-10-15/h5-11,13,21H,3-4,12,14H2,1-2H3. The minimum absolute atomic E-state index is 0.101. The topological polar surface area (TPSA) is 85.2 Å². The summed E-state index contributed by atoms with van der Waals surface area (Å²) >= 11 is 0. The number of ether oxygens (including phenoxy) is 2. The number of esters is 2. The van der Waals surface area contributed by atoms with Crippen molar-refractivity contribution in [3.05, 3.63) is 48.0 Å². The van der Waals surface area contributed by atoms with Crippen LogP contribution in [0.2, 0.25) is 0 Å². The van der Waals surface area contributed by atoms with E-state index in [4.69, 9.17) is 9.47 Å². The Bertz CT molecular complexity index is 636. The number of hydrogen-bond acceptors (Lipinski definition) is 6. The number of aliphatic hydroxyl groups is 1.